The molecule has 0 bridgehead atoms. The lowest BCUT2D eigenvalue weighted by Crippen LogP contribution is -2.51. The van der Waals surface area contributed by atoms with Crippen molar-refractivity contribution in [2.24, 2.45) is 0 Å². The van der Waals surface area contributed by atoms with E-state index in [4.69, 9.17) is 0 Å². The van der Waals surface area contributed by atoms with Crippen LogP contribution in [0.2, 0.25) is 0 Å². The third-order valence-corrected chi connectivity index (χ3v) is 5.12. The molecule has 1 aliphatic heterocycles. The fourth-order valence-corrected chi connectivity index (χ4v) is 3.33. The molecule has 2 aromatic rings. The van der Waals surface area contributed by atoms with Gasteiger partial charge in [-0.3, -0.25) is 9.59 Å². The molecule has 0 radical (unpaired) electrons. The molecule has 142 valence electrons. The predicted molar refractivity (Wildman–Crippen MR) is 108 cm³/mol. The summed E-state index contributed by atoms with van der Waals surface area (Å²) >= 11 is 0. The Labute approximate surface area is 161 Å². The Hall–Kier alpha value is -2.62. The SMILES string of the molecule is CC(C)(C)c1ccc(CC(=O)N2CCN(C(=O)c3ccccc3)CC2)cc1. The molecule has 0 N–H and O–H groups in total. The Bertz CT molecular complexity index is 783. The van der Waals surface area contributed by atoms with Crippen molar-refractivity contribution in [1.29, 1.82) is 0 Å². The van der Waals surface area contributed by atoms with Crippen molar-refractivity contribution in [2.45, 2.75) is 32.6 Å². The Morgan fingerprint density at radius 3 is 1.93 bits per heavy atom. The molecule has 4 nitrogen and oxygen atoms in total. The zero-order valence-corrected chi connectivity index (χ0v) is 16.4. The van der Waals surface area contributed by atoms with Gasteiger partial charge in [-0.05, 0) is 28.7 Å². The van der Waals surface area contributed by atoms with Gasteiger partial charge in [-0.1, -0.05) is 63.2 Å². The maximum Gasteiger partial charge on any atom is 0.253 e. The number of benzene rings is 2. The number of carbonyl (C=O) groups excluding carboxylic acids is 2. The van der Waals surface area contributed by atoms with Crippen molar-refractivity contribution in [3.05, 3.63) is 71.3 Å². The van der Waals surface area contributed by atoms with E-state index in [2.05, 4.69) is 32.9 Å². The largest absolute Gasteiger partial charge is 0.339 e. The smallest absolute Gasteiger partial charge is 0.253 e. The van der Waals surface area contributed by atoms with Gasteiger partial charge < -0.3 is 9.80 Å². The van der Waals surface area contributed by atoms with Crippen LogP contribution in [-0.4, -0.2) is 47.8 Å². The monoisotopic (exact) mass is 364 g/mol. The third kappa shape index (κ3) is 4.76. The van der Waals surface area contributed by atoms with E-state index in [1.54, 1.807) is 0 Å². The van der Waals surface area contributed by atoms with Crippen LogP contribution in [0.15, 0.2) is 54.6 Å². The fraction of sp³-hybridized carbons (Fsp3) is 0.391. The highest BCUT2D eigenvalue weighted by molar-refractivity contribution is 5.94. The van der Waals surface area contributed by atoms with Crippen molar-refractivity contribution in [1.82, 2.24) is 9.80 Å². The van der Waals surface area contributed by atoms with Gasteiger partial charge in [-0.2, -0.15) is 0 Å². The van der Waals surface area contributed by atoms with E-state index in [-0.39, 0.29) is 17.2 Å². The maximum absolute atomic E-state index is 12.6. The lowest BCUT2D eigenvalue weighted by molar-refractivity contribution is -0.131. The van der Waals surface area contributed by atoms with E-state index in [9.17, 15) is 9.59 Å². The second-order valence-electron chi connectivity index (χ2n) is 8.16. The van der Waals surface area contributed by atoms with Crippen LogP contribution < -0.4 is 0 Å². The summed E-state index contributed by atoms with van der Waals surface area (Å²) in [7, 11) is 0. The summed E-state index contributed by atoms with van der Waals surface area (Å²) in [6.07, 6.45) is 0.414. The van der Waals surface area contributed by atoms with Crippen molar-refractivity contribution in [2.75, 3.05) is 26.2 Å². The van der Waals surface area contributed by atoms with Crippen LogP contribution in [-0.2, 0) is 16.6 Å². The fourth-order valence-electron chi connectivity index (χ4n) is 3.33. The summed E-state index contributed by atoms with van der Waals surface area (Å²) in [5.41, 5.74) is 3.13. The second-order valence-corrected chi connectivity index (χ2v) is 8.16. The number of carbonyl (C=O) groups is 2. The zero-order chi connectivity index (χ0) is 19.4. The van der Waals surface area contributed by atoms with Crippen LogP contribution >= 0.6 is 0 Å². The minimum absolute atomic E-state index is 0.0421. The summed E-state index contributed by atoms with van der Waals surface area (Å²) in [6.45, 7) is 8.91. The summed E-state index contributed by atoms with van der Waals surface area (Å²) in [4.78, 5) is 28.8. The first-order valence-electron chi connectivity index (χ1n) is 9.56. The van der Waals surface area contributed by atoms with Gasteiger partial charge in [0.05, 0.1) is 6.42 Å². The van der Waals surface area contributed by atoms with Gasteiger partial charge in [0.1, 0.15) is 0 Å². The second kappa shape index (κ2) is 7.95. The maximum atomic E-state index is 12.6. The normalized spacial score (nSPS) is 14.9. The molecule has 1 saturated heterocycles. The van der Waals surface area contributed by atoms with Crippen LogP contribution in [0.25, 0.3) is 0 Å². The van der Waals surface area contributed by atoms with E-state index in [0.717, 1.165) is 5.56 Å². The molecule has 1 aliphatic rings. The predicted octanol–water partition coefficient (Wildman–Crippen LogP) is 3.51. The Kier molecular flexibility index (Phi) is 5.64. The highest BCUT2D eigenvalue weighted by atomic mass is 16.2. The molecule has 0 atom stereocenters. The van der Waals surface area contributed by atoms with Gasteiger partial charge in [0.2, 0.25) is 5.91 Å². The van der Waals surface area contributed by atoms with Crippen molar-refractivity contribution in [3.8, 4) is 0 Å². The number of rotatable bonds is 3. The topological polar surface area (TPSA) is 40.6 Å². The molecule has 0 aromatic heterocycles. The van der Waals surface area contributed by atoms with E-state index in [1.165, 1.54) is 5.56 Å². The minimum atomic E-state index is 0.0421. The van der Waals surface area contributed by atoms with E-state index in [1.807, 2.05) is 52.3 Å². The Balaban J connectivity index is 1.53. The molecule has 1 fully saturated rings. The average molecular weight is 364 g/mol. The molecular weight excluding hydrogens is 336 g/mol. The lowest BCUT2D eigenvalue weighted by atomic mass is 9.86. The van der Waals surface area contributed by atoms with Crippen LogP contribution in [0.3, 0.4) is 0 Å². The lowest BCUT2D eigenvalue weighted by Gasteiger charge is -2.35. The highest BCUT2D eigenvalue weighted by Gasteiger charge is 2.24. The summed E-state index contributed by atoms with van der Waals surface area (Å²) in [6, 6.07) is 17.6. The first kappa shape index (κ1) is 19.2. The summed E-state index contributed by atoms with van der Waals surface area (Å²) in [5, 5.41) is 0. The molecule has 0 spiro atoms. The molecule has 1 heterocycles. The third-order valence-electron chi connectivity index (χ3n) is 5.12. The number of nitrogens with zero attached hydrogens (tertiary/aromatic N) is 2. The van der Waals surface area contributed by atoms with Gasteiger partial charge in [-0.25, -0.2) is 0 Å². The summed E-state index contributed by atoms with van der Waals surface area (Å²) in [5.74, 6) is 0.172. The molecular formula is C23H28N2O2. The van der Waals surface area contributed by atoms with Crippen molar-refractivity contribution < 1.29 is 9.59 Å². The molecule has 0 aliphatic carbocycles. The van der Waals surface area contributed by atoms with Crippen molar-refractivity contribution in [3.63, 3.8) is 0 Å². The van der Waals surface area contributed by atoms with Crippen LogP contribution in [0.1, 0.15) is 42.3 Å². The van der Waals surface area contributed by atoms with Gasteiger partial charge >= 0.3 is 0 Å². The molecule has 2 aromatic carbocycles. The van der Waals surface area contributed by atoms with Crippen LogP contribution in [0, 0.1) is 0 Å². The molecule has 27 heavy (non-hydrogen) atoms. The number of hydrogen-bond donors (Lipinski definition) is 0. The van der Waals surface area contributed by atoms with Crippen LogP contribution in [0.5, 0.6) is 0 Å². The standard InChI is InChI=1S/C23H28N2O2/c1-23(2,3)20-11-9-18(10-12-20)17-21(26)24-13-15-25(16-14-24)22(27)19-7-5-4-6-8-19/h4-12H,13-17H2,1-3H3. The molecule has 0 unspecified atom stereocenters. The zero-order valence-electron chi connectivity index (χ0n) is 16.4. The Morgan fingerprint density at radius 2 is 1.37 bits per heavy atom. The molecule has 0 saturated carbocycles. The molecule has 2 amide bonds. The van der Waals surface area contributed by atoms with Gasteiger partial charge in [-0.15, -0.1) is 0 Å². The Morgan fingerprint density at radius 1 is 0.815 bits per heavy atom. The van der Waals surface area contributed by atoms with Gasteiger partial charge in [0.25, 0.3) is 5.91 Å². The van der Waals surface area contributed by atoms with Gasteiger partial charge in [0.15, 0.2) is 0 Å². The van der Waals surface area contributed by atoms with E-state index < -0.39 is 0 Å². The first-order chi connectivity index (χ1) is 12.8. The first-order valence-corrected chi connectivity index (χ1v) is 9.56. The minimum Gasteiger partial charge on any atom is -0.339 e. The average Bonchev–Trinajstić information content (AvgIpc) is 2.68. The molecule has 4 heteroatoms. The molecule has 3 rings (SSSR count). The number of amides is 2. The number of piperazine rings is 1. The van der Waals surface area contributed by atoms with E-state index in [0.29, 0.717) is 38.2 Å². The van der Waals surface area contributed by atoms with Crippen LogP contribution in [0.4, 0.5) is 0 Å². The van der Waals surface area contributed by atoms with Crippen molar-refractivity contribution >= 4 is 11.8 Å². The van der Waals surface area contributed by atoms with E-state index >= 15 is 0 Å². The summed E-state index contributed by atoms with van der Waals surface area (Å²) < 4.78 is 0. The quantitative estimate of drug-likeness (QED) is 0.836. The highest BCUT2D eigenvalue weighted by Crippen LogP contribution is 2.22. The van der Waals surface area contributed by atoms with Gasteiger partial charge in [0, 0.05) is 31.7 Å². The number of hydrogen-bond acceptors (Lipinski definition) is 2.